The summed E-state index contributed by atoms with van der Waals surface area (Å²) in [5.74, 6) is 0.381. The smallest absolute Gasteiger partial charge is 0.231 e. The van der Waals surface area contributed by atoms with Crippen molar-refractivity contribution in [2.75, 3.05) is 6.61 Å². The van der Waals surface area contributed by atoms with Gasteiger partial charge in [0, 0.05) is 6.20 Å². The van der Waals surface area contributed by atoms with Crippen LogP contribution in [0.5, 0.6) is 5.88 Å². The van der Waals surface area contributed by atoms with E-state index in [1.807, 2.05) is 6.07 Å². The van der Waals surface area contributed by atoms with Crippen LogP contribution in [0.15, 0.2) is 18.3 Å². The van der Waals surface area contributed by atoms with Crippen molar-refractivity contribution < 1.29 is 4.74 Å². The largest absolute Gasteiger partial charge is 0.475 e. The van der Waals surface area contributed by atoms with Crippen LogP contribution in [-0.4, -0.2) is 17.1 Å². The quantitative estimate of drug-likeness (QED) is 0.764. The highest BCUT2D eigenvalue weighted by Crippen LogP contribution is 2.32. The molecule has 0 saturated heterocycles. The number of rotatable bonds is 3. The minimum Gasteiger partial charge on any atom is -0.475 e. The van der Waals surface area contributed by atoms with Crippen LogP contribution in [0.4, 0.5) is 0 Å². The molecule has 4 heteroatoms. The van der Waals surface area contributed by atoms with E-state index in [9.17, 15) is 0 Å². The van der Waals surface area contributed by atoms with Gasteiger partial charge in [0.2, 0.25) is 5.88 Å². The molecule has 2 rings (SSSR count). The van der Waals surface area contributed by atoms with Crippen molar-refractivity contribution in [3.05, 3.63) is 23.9 Å². The Hall–Kier alpha value is -1.60. The van der Waals surface area contributed by atoms with Crippen molar-refractivity contribution in [2.45, 2.75) is 18.4 Å². The van der Waals surface area contributed by atoms with Gasteiger partial charge >= 0.3 is 0 Å². The van der Waals surface area contributed by atoms with E-state index in [2.05, 4.69) is 4.98 Å². The zero-order valence-electron chi connectivity index (χ0n) is 7.73. The van der Waals surface area contributed by atoms with Gasteiger partial charge in [-0.1, -0.05) is 0 Å². The zero-order valence-corrected chi connectivity index (χ0v) is 7.73. The lowest BCUT2D eigenvalue weighted by Crippen LogP contribution is -2.30. The van der Waals surface area contributed by atoms with Gasteiger partial charge in [0.25, 0.3) is 0 Å². The molecule has 0 aromatic carbocycles. The van der Waals surface area contributed by atoms with E-state index in [0.29, 0.717) is 18.1 Å². The second kappa shape index (κ2) is 3.28. The lowest BCUT2D eigenvalue weighted by atomic mass is 10.3. The first-order chi connectivity index (χ1) is 6.73. The summed E-state index contributed by atoms with van der Waals surface area (Å²) in [6.07, 6.45) is 3.58. The van der Waals surface area contributed by atoms with Crippen LogP contribution in [0.1, 0.15) is 18.4 Å². The Bertz CT molecular complexity index is 379. The van der Waals surface area contributed by atoms with E-state index in [0.717, 1.165) is 12.8 Å². The predicted octanol–water partition coefficient (Wildman–Crippen LogP) is 0.823. The number of hydrogen-bond donors (Lipinski definition) is 1. The zero-order chi connectivity index (χ0) is 10.0. The molecular formula is C10H11N3O. The molecule has 1 aromatic heterocycles. The summed E-state index contributed by atoms with van der Waals surface area (Å²) >= 11 is 0. The molecule has 1 aliphatic rings. The van der Waals surface area contributed by atoms with Crippen LogP contribution in [-0.2, 0) is 0 Å². The Morgan fingerprint density at radius 3 is 3.07 bits per heavy atom. The van der Waals surface area contributed by atoms with E-state index < -0.39 is 0 Å². The Morgan fingerprint density at radius 1 is 1.64 bits per heavy atom. The molecule has 1 fully saturated rings. The van der Waals surface area contributed by atoms with Gasteiger partial charge in [-0.3, -0.25) is 0 Å². The number of nitrogens with zero attached hydrogens (tertiary/aromatic N) is 2. The highest BCUT2D eigenvalue weighted by molar-refractivity contribution is 5.37. The third kappa shape index (κ3) is 1.83. The number of nitriles is 1. The molecule has 2 N–H and O–H groups in total. The van der Waals surface area contributed by atoms with Crippen LogP contribution in [0, 0.1) is 11.3 Å². The number of hydrogen-bond acceptors (Lipinski definition) is 4. The van der Waals surface area contributed by atoms with Gasteiger partial charge in [0.05, 0.1) is 5.54 Å². The van der Waals surface area contributed by atoms with Gasteiger partial charge in [-0.2, -0.15) is 5.26 Å². The van der Waals surface area contributed by atoms with Gasteiger partial charge < -0.3 is 10.5 Å². The average Bonchev–Trinajstić information content (AvgIpc) is 2.95. The van der Waals surface area contributed by atoms with Crippen molar-refractivity contribution >= 4 is 0 Å². The molecule has 1 saturated carbocycles. The fourth-order valence-corrected chi connectivity index (χ4v) is 1.11. The van der Waals surface area contributed by atoms with Crippen molar-refractivity contribution in [2.24, 2.45) is 5.73 Å². The molecule has 0 atom stereocenters. The third-order valence-electron chi connectivity index (χ3n) is 2.28. The number of aromatic nitrogens is 1. The summed E-state index contributed by atoms with van der Waals surface area (Å²) in [5, 5.41) is 8.76. The topological polar surface area (TPSA) is 71.9 Å². The van der Waals surface area contributed by atoms with Crippen LogP contribution in [0.25, 0.3) is 0 Å². The second-order valence-electron chi connectivity index (χ2n) is 3.62. The van der Waals surface area contributed by atoms with Crippen LogP contribution < -0.4 is 10.5 Å². The first kappa shape index (κ1) is 8.97. The maximum Gasteiger partial charge on any atom is 0.231 e. The second-order valence-corrected chi connectivity index (χ2v) is 3.62. The van der Waals surface area contributed by atoms with Crippen molar-refractivity contribution in [3.63, 3.8) is 0 Å². The van der Waals surface area contributed by atoms with Crippen LogP contribution >= 0.6 is 0 Å². The van der Waals surface area contributed by atoms with E-state index >= 15 is 0 Å². The first-order valence-electron chi connectivity index (χ1n) is 4.50. The maximum atomic E-state index is 8.76. The highest BCUT2D eigenvalue weighted by atomic mass is 16.5. The maximum absolute atomic E-state index is 8.76. The van der Waals surface area contributed by atoms with Gasteiger partial charge in [0.15, 0.2) is 0 Å². The molecule has 4 nitrogen and oxygen atoms in total. The standard InChI is InChI=1S/C10H11N3O/c11-6-8-2-1-5-13-9(8)14-7-10(12)3-4-10/h1-2,5H,3-4,7,12H2. The molecule has 0 unspecified atom stereocenters. The van der Waals surface area contributed by atoms with Gasteiger partial charge in [-0.15, -0.1) is 0 Å². The Kier molecular flexibility index (Phi) is 2.10. The predicted molar refractivity (Wildman–Crippen MR) is 50.6 cm³/mol. The summed E-state index contributed by atoms with van der Waals surface area (Å²) in [6, 6.07) is 5.41. The molecule has 14 heavy (non-hydrogen) atoms. The Labute approximate surface area is 82.3 Å². The van der Waals surface area contributed by atoms with E-state index in [1.165, 1.54) is 0 Å². The van der Waals surface area contributed by atoms with Crippen molar-refractivity contribution in [3.8, 4) is 11.9 Å². The third-order valence-corrected chi connectivity index (χ3v) is 2.28. The minimum atomic E-state index is -0.176. The SMILES string of the molecule is N#Cc1cccnc1OCC1(N)CC1. The summed E-state index contributed by atoms with van der Waals surface area (Å²) in [4.78, 5) is 3.98. The summed E-state index contributed by atoms with van der Waals surface area (Å²) in [6.45, 7) is 0.443. The molecule has 0 bridgehead atoms. The van der Waals surface area contributed by atoms with E-state index in [4.69, 9.17) is 15.7 Å². The molecule has 0 radical (unpaired) electrons. The molecule has 1 heterocycles. The van der Waals surface area contributed by atoms with Crippen molar-refractivity contribution in [1.82, 2.24) is 4.98 Å². The van der Waals surface area contributed by atoms with Crippen molar-refractivity contribution in [1.29, 1.82) is 5.26 Å². The van der Waals surface area contributed by atoms with E-state index in [-0.39, 0.29) is 5.54 Å². The monoisotopic (exact) mass is 189 g/mol. The van der Waals surface area contributed by atoms with Gasteiger partial charge in [-0.05, 0) is 25.0 Å². The summed E-state index contributed by atoms with van der Waals surface area (Å²) in [5.41, 5.74) is 6.13. The average molecular weight is 189 g/mol. The fraction of sp³-hybridized carbons (Fsp3) is 0.400. The minimum absolute atomic E-state index is 0.176. The highest BCUT2D eigenvalue weighted by Gasteiger charge is 2.39. The Morgan fingerprint density at radius 2 is 2.43 bits per heavy atom. The Balaban J connectivity index is 2.05. The summed E-state index contributed by atoms with van der Waals surface area (Å²) < 4.78 is 5.40. The number of nitrogens with two attached hydrogens (primary N) is 1. The van der Waals surface area contributed by atoms with Gasteiger partial charge in [-0.25, -0.2) is 4.98 Å². The van der Waals surface area contributed by atoms with E-state index in [1.54, 1.807) is 18.3 Å². The normalized spacial score (nSPS) is 17.1. The number of ether oxygens (including phenoxy) is 1. The molecule has 1 aliphatic carbocycles. The molecule has 72 valence electrons. The number of pyridine rings is 1. The fourth-order valence-electron chi connectivity index (χ4n) is 1.11. The van der Waals surface area contributed by atoms with Crippen LogP contribution in [0.2, 0.25) is 0 Å². The van der Waals surface area contributed by atoms with Gasteiger partial charge in [0.1, 0.15) is 18.2 Å². The first-order valence-corrected chi connectivity index (χ1v) is 4.50. The molecular weight excluding hydrogens is 178 g/mol. The molecule has 0 aliphatic heterocycles. The lowest BCUT2D eigenvalue weighted by Gasteiger charge is -2.10. The lowest BCUT2D eigenvalue weighted by molar-refractivity contribution is 0.268. The van der Waals surface area contributed by atoms with Crippen LogP contribution in [0.3, 0.4) is 0 Å². The summed E-state index contributed by atoms with van der Waals surface area (Å²) in [7, 11) is 0. The molecule has 0 amide bonds. The molecule has 1 aromatic rings. The molecule has 0 spiro atoms.